The molecule has 0 unspecified atom stereocenters. The number of amides is 1. The Morgan fingerprint density at radius 3 is 2.71 bits per heavy atom. The van der Waals surface area contributed by atoms with Crippen LogP contribution in [0, 0.1) is 6.92 Å². The minimum Gasteiger partial charge on any atom is -0.486 e. The summed E-state index contributed by atoms with van der Waals surface area (Å²) in [5.41, 5.74) is 1.70. The van der Waals surface area contributed by atoms with Crippen LogP contribution in [-0.2, 0) is 6.61 Å². The van der Waals surface area contributed by atoms with Crippen LogP contribution < -0.4 is 10.1 Å². The van der Waals surface area contributed by atoms with Crippen molar-refractivity contribution >= 4 is 23.2 Å². The molecule has 1 aromatic heterocycles. The van der Waals surface area contributed by atoms with E-state index in [1.807, 2.05) is 18.2 Å². The van der Waals surface area contributed by atoms with Gasteiger partial charge in [-0.25, -0.2) is 0 Å². The first-order valence-electron chi connectivity index (χ1n) is 7.33. The molecule has 0 fully saturated rings. The third-order valence-corrected chi connectivity index (χ3v) is 3.51. The molecule has 0 saturated carbocycles. The minimum absolute atomic E-state index is 0.199. The fraction of sp³-hybridized carbons (Fsp3) is 0.111. The maximum atomic E-state index is 12.5. The van der Waals surface area contributed by atoms with Gasteiger partial charge in [-0.1, -0.05) is 35.0 Å². The van der Waals surface area contributed by atoms with Gasteiger partial charge >= 0.3 is 0 Å². The lowest BCUT2D eigenvalue weighted by molar-refractivity contribution is 0.102. The lowest BCUT2D eigenvalue weighted by Crippen LogP contribution is -2.13. The van der Waals surface area contributed by atoms with Gasteiger partial charge in [0.1, 0.15) is 23.8 Å². The Morgan fingerprint density at radius 2 is 2.00 bits per heavy atom. The van der Waals surface area contributed by atoms with Crippen molar-refractivity contribution in [3.63, 3.8) is 0 Å². The molecule has 0 atom stereocenters. The first-order valence-corrected chi connectivity index (χ1v) is 7.70. The van der Waals surface area contributed by atoms with Gasteiger partial charge < -0.3 is 14.6 Å². The highest BCUT2D eigenvalue weighted by molar-refractivity contribution is 6.31. The Kier molecular flexibility index (Phi) is 4.82. The topological polar surface area (TPSA) is 64.4 Å². The van der Waals surface area contributed by atoms with E-state index in [1.165, 1.54) is 0 Å². The third kappa shape index (κ3) is 3.94. The SMILES string of the molecule is Cc1cc(COc2ccc(Cl)cc2C(=O)Nc2ccccc2)no1. The predicted molar refractivity (Wildman–Crippen MR) is 91.4 cm³/mol. The minimum atomic E-state index is -0.296. The smallest absolute Gasteiger partial charge is 0.259 e. The normalized spacial score (nSPS) is 10.4. The molecule has 122 valence electrons. The number of carbonyl (C=O) groups excluding carboxylic acids is 1. The summed E-state index contributed by atoms with van der Waals surface area (Å²) in [6.07, 6.45) is 0. The van der Waals surface area contributed by atoms with Gasteiger partial charge in [0, 0.05) is 16.8 Å². The maximum absolute atomic E-state index is 12.5. The third-order valence-electron chi connectivity index (χ3n) is 3.27. The zero-order valence-electron chi connectivity index (χ0n) is 13.0. The van der Waals surface area contributed by atoms with Crippen molar-refractivity contribution in [2.75, 3.05) is 5.32 Å². The van der Waals surface area contributed by atoms with E-state index in [0.717, 1.165) is 0 Å². The average molecular weight is 343 g/mol. The second-order valence-corrected chi connectivity index (χ2v) is 5.61. The summed E-state index contributed by atoms with van der Waals surface area (Å²) < 4.78 is 10.7. The molecule has 5 nitrogen and oxygen atoms in total. The highest BCUT2D eigenvalue weighted by Crippen LogP contribution is 2.25. The van der Waals surface area contributed by atoms with E-state index in [0.29, 0.717) is 33.5 Å². The highest BCUT2D eigenvalue weighted by atomic mass is 35.5. The molecule has 0 bridgehead atoms. The van der Waals surface area contributed by atoms with E-state index in [2.05, 4.69) is 10.5 Å². The lowest BCUT2D eigenvalue weighted by atomic mass is 10.1. The Labute approximate surface area is 144 Å². The number of halogens is 1. The summed E-state index contributed by atoms with van der Waals surface area (Å²) >= 11 is 6.02. The van der Waals surface area contributed by atoms with Gasteiger partial charge in [-0.05, 0) is 37.3 Å². The maximum Gasteiger partial charge on any atom is 0.259 e. The largest absolute Gasteiger partial charge is 0.486 e. The molecular weight excluding hydrogens is 328 g/mol. The summed E-state index contributed by atoms with van der Waals surface area (Å²) in [6.45, 7) is 2.00. The lowest BCUT2D eigenvalue weighted by Gasteiger charge is -2.11. The number of aryl methyl sites for hydroxylation is 1. The van der Waals surface area contributed by atoms with Crippen LogP contribution in [0.3, 0.4) is 0 Å². The monoisotopic (exact) mass is 342 g/mol. The number of para-hydroxylation sites is 1. The van der Waals surface area contributed by atoms with Crippen molar-refractivity contribution in [3.8, 4) is 5.75 Å². The quantitative estimate of drug-likeness (QED) is 0.743. The van der Waals surface area contributed by atoms with Crippen molar-refractivity contribution in [2.24, 2.45) is 0 Å². The summed E-state index contributed by atoms with van der Waals surface area (Å²) in [5, 5.41) is 7.14. The van der Waals surface area contributed by atoms with Crippen LogP contribution in [0.4, 0.5) is 5.69 Å². The number of carbonyl (C=O) groups is 1. The van der Waals surface area contributed by atoms with Crippen molar-refractivity contribution < 1.29 is 14.1 Å². The number of aromatic nitrogens is 1. The Morgan fingerprint density at radius 1 is 1.21 bits per heavy atom. The molecule has 3 aromatic rings. The standard InChI is InChI=1S/C18H15ClN2O3/c1-12-9-15(21-24-12)11-23-17-8-7-13(19)10-16(17)18(22)20-14-5-3-2-4-6-14/h2-10H,11H2,1H3,(H,20,22). The number of hydrogen-bond acceptors (Lipinski definition) is 4. The number of nitrogens with zero attached hydrogens (tertiary/aromatic N) is 1. The van der Waals surface area contributed by atoms with Gasteiger partial charge in [0.2, 0.25) is 0 Å². The van der Waals surface area contributed by atoms with Crippen LogP contribution in [0.1, 0.15) is 21.8 Å². The van der Waals surface area contributed by atoms with Gasteiger partial charge in [0.25, 0.3) is 5.91 Å². The summed E-state index contributed by atoms with van der Waals surface area (Å²) in [5.74, 6) is 0.829. The summed E-state index contributed by atoms with van der Waals surface area (Å²) in [7, 11) is 0. The summed E-state index contributed by atoms with van der Waals surface area (Å²) in [6, 6.07) is 15.9. The fourth-order valence-electron chi connectivity index (χ4n) is 2.16. The van der Waals surface area contributed by atoms with Crippen LogP contribution in [0.5, 0.6) is 5.75 Å². The molecule has 2 aromatic carbocycles. The van der Waals surface area contributed by atoms with Crippen LogP contribution in [0.15, 0.2) is 59.1 Å². The van der Waals surface area contributed by atoms with Gasteiger partial charge in [-0.15, -0.1) is 0 Å². The molecule has 0 saturated heterocycles. The number of rotatable bonds is 5. The van der Waals surface area contributed by atoms with E-state index < -0.39 is 0 Å². The highest BCUT2D eigenvalue weighted by Gasteiger charge is 2.14. The number of ether oxygens (including phenoxy) is 1. The van der Waals surface area contributed by atoms with E-state index in [4.69, 9.17) is 20.9 Å². The molecule has 1 amide bonds. The van der Waals surface area contributed by atoms with Crippen LogP contribution in [0.2, 0.25) is 5.02 Å². The zero-order chi connectivity index (χ0) is 16.9. The number of hydrogen-bond donors (Lipinski definition) is 1. The van der Waals surface area contributed by atoms with Crippen molar-refractivity contribution in [1.82, 2.24) is 5.16 Å². The fourth-order valence-corrected chi connectivity index (χ4v) is 2.34. The number of anilines is 1. The molecule has 0 aliphatic carbocycles. The van der Waals surface area contributed by atoms with Gasteiger partial charge in [-0.2, -0.15) is 0 Å². The van der Waals surface area contributed by atoms with Crippen LogP contribution >= 0.6 is 11.6 Å². The van der Waals surface area contributed by atoms with Crippen molar-refractivity contribution in [1.29, 1.82) is 0 Å². The van der Waals surface area contributed by atoms with E-state index in [9.17, 15) is 4.79 Å². The first-order chi connectivity index (χ1) is 11.6. The average Bonchev–Trinajstić information content (AvgIpc) is 3.00. The van der Waals surface area contributed by atoms with E-state index in [1.54, 1.807) is 43.3 Å². The molecule has 0 spiro atoms. The Bertz CT molecular complexity index is 846. The molecular formula is C18H15ClN2O3. The second kappa shape index (κ2) is 7.19. The molecule has 1 heterocycles. The Hall–Kier alpha value is -2.79. The molecule has 3 rings (SSSR count). The second-order valence-electron chi connectivity index (χ2n) is 5.18. The van der Waals surface area contributed by atoms with E-state index >= 15 is 0 Å². The van der Waals surface area contributed by atoms with Gasteiger partial charge in [-0.3, -0.25) is 4.79 Å². The van der Waals surface area contributed by atoms with Crippen LogP contribution in [0.25, 0.3) is 0 Å². The van der Waals surface area contributed by atoms with Crippen molar-refractivity contribution in [3.05, 3.63) is 76.6 Å². The molecule has 1 N–H and O–H groups in total. The Balaban J connectivity index is 1.78. The van der Waals surface area contributed by atoms with Gasteiger partial charge in [0.15, 0.2) is 0 Å². The van der Waals surface area contributed by atoms with E-state index in [-0.39, 0.29) is 12.5 Å². The van der Waals surface area contributed by atoms with Crippen molar-refractivity contribution in [2.45, 2.75) is 13.5 Å². The molecule has 24 heavy (non-hydrogen) atoms. The molecule has 0 radical (unpaired) electrons. The first kappa shape index (κ1) is 16.1. The molecule has 6 heteroatoms. The van der Waals surface area contributed by atoms with Gasteiger partial charge in [0.05, 0.1) is 5.56 Å². The number of nitrogens with one attached hydrogen (secondary N) is 1. The molecule has 0 aliphatic rings. The predicted octanol–water partition coefficient (Wildman–Crippen LogP) is 4.47. The molecule has 0 aliphatic heterocycles. The summed E-state index contributed by atoms with van der Waals surface area (Å²) in [4.78, 5) is 12.5. The van der Waals surface area contributed by atoms with Crippen LogP contribution in [-0.4, -0.2) is 11.1 Å². The number of benzene rings is 2. The zero-order valence-corrected chi connectivity index (χ0v) is 13.7.